The van der Waals surface area contributed by atoms with Crippen LogP contribution in [-0.2, 0) is 49.6 Å². The van der Waals surface area contributed by atoms with Gasteiger partial charge >= 0.3 is 25.0 Å². The summed E-state index contributed by atoms with van der Waals surface area (Å²) in [5.41, 5.74) is 4.16. The first-order chi connectivity index (χ1) is 27.7. The first-order valence-corrected chi connectivity index (χ1v) is 19.2. The number of rotatable bonds is 26. The van der Waals surface area contributed by atoms with Crippen LogP contribution in [0.5, 0.6) is 0 Å². The SMILES string of the molecule is C=CCC(N)(B(O)O)C(=O)[C@H](CC(C)C)NC(=O)C(NC(=O)[C@H](Cc1cccc(C)c1)NC(=O)[C@H](CCC(=O)O)NC(=O)[C@H](CC(=O)O)NC(=O)CCC(=O)O)C(C)(C)C. The Morgan fingerprint density at radius 1 is 0.750 bits per heavy atom. The zero-order valence-electron chi connectivity index (χ0n) is 34.8. The smallest absolute Gasteiger partial charge is 0.481 e. The van der Waals surface area contributed by atoms with Gasteiger partial charge in [0.1, 0.15) is 29.6 Å². The summed E-state index contributed by atoms with van der Waals surface area (Å²) in [7, 11) is -2.31. The summed E-state index contributed by atoms with van der Waals surface area (Å²) in [6, 6.07) is -0.949. The summed E-state index contributed by atoms with van der Waals surface area (Å²) in [5.74, 6) is -10.4. The maximum absolute atomic E-state index is 14.2. The second kappa shape index (κ2) is 23.8. The number of amides is 5. The minimum Gasteiger partial charge on any atom is -0.481 e. The standard InChI is InChI=1S/C39H59BN6O14/c1-8-16-39(41,40(59)60)33(54)25(17-21(2)3)44-37(58)32(38(5,6)7)46-36(57)26(19-23-11-9-10-22(4)18-23)45-34(55)24(12-14-29(48)49)43-35(56)27(20-31(52)53)42-28(47)13-15-30(50)51/h8-11,18,21,24-27,32,59-60H,1,12-17,19-20,41H2,2-7H3,(H,42,47)(H,43,56)(H,44,58)(H,45,55)(H,46,57)(H,48,49)(H,50,51)(H,52,53)/t24-,25-,26-,27-,32?,39?/m0/s1. The van der Waals surface area contributed by atoms with Crippen molar-refractivity contribution >= 4 is 60.3 Å². The van der Waals surface area contributed by atoms with Gasteiger partial charge < -0.3 is 57.7 Å². The van der Waals surface area contributed by atoms with Crippen LogP contribution in [0.15, 0.2) is 36.9 Å². The number of ketones is 1. The first kappa shape index (κ1) is 52.4. The number of aliphatic carboxylic acids is 3. The van der Waals surface area contributed by atoms with Gasteiger partial charge in [-0.2, -0.15) is 0 Å². The van der Waals surface area contributed by atoms with Crippen molar-refractivity contribution in [1.82, 2.24) is 26.6 Å². The summed E-state index contributed by atoms with van der Waals surface area (Å²) in [5, 5.41) is 59.8. The fourth-order valence-corrected chi connectivity index (χ4v) is 6.01. The third kappa shape index (κ3) is 17.7. The van der Waals surface area contributed by atoms with E-state index in [-0.39, 0.29) is 25.2 Å². The molecule has 60 heavy (non-hydrogen) atoms. The number of hydrogen-bond acceptors (Lipinski definition) is 12. The average Bonchev–Trinajstić information content (AvgIpc) is 3.12. The van der Waals surface area contributed by atoms with E-state index in [0.29, 0.717) is 5.56 Å². The Hall–Kier alpha value is -5.67. The molecule has 20 nitrogen and oxygen atoms in total. The Morgan fingerprint density at radius 3 is 1.80 bits per heavy atom. The molecule has 6 atom stereocenters. The largest absolute Gasteiger partial charge is 0.481 e. The van der Waals surface area contributed by atoms with Crippen LogP contribution in [0.2, 0.25) is 0 Å². The molecule has 0 bridgehead atoms. The van der Waals surface area contributed by atoms with Crippen LogP contribution in [0, 0.1) is 18.3 Å². The lowest BCUT2D eigenvalue weighted by molar-refractivity contribution is -0.142. The number of nitrogens with two attached hydrogens (primary N) is 1. The highest BCUT2D eigenvalue weighted by atomic mass is 16.4. The van der Waals surface area contributed by atoms with Crippen molar-refractivity contribution in [3.05, 3.63) is 48.0 Å². The van der Waals surface area contributed by atoms with Crippen molar-refractivity contribution in [1.29, 1.82) is 0 Å². The van der Waals surface area contributed by atoms with E-state index in [1.807, 2.05) is 0 Å². The number of nitrogens with one attached hydrogen (secondary N) is 5. The molecule has 0 aromatic heterocycles. The van der Waals surface area contributed by atoms with Gasteiger partial charge in [-0.05, 0) is 43.1 Å². The molecule has 1 aromatic carbocycles. The number of carboxylic acid groups (broad SMARTS) is 3. The normalized spacial score (nSPS) is 14.8. The van der Waals surface area contributed by atoms with Gasteiger partial charge in [0.15, 0.2) is 5.78 Å². The van der Waals surface area contributed by atoms with Crippen molar-refractivity contribution in [2.75, 3.05) is 0 Å². The highest BCUT2D eigenvalue weighted by molar-refractivity contribution is 6.52. The molecule has 0 radical (unpaired) electrons. The van der Waals surface area contributed by atoms with Crippen molar-refractivity contribution in [3.63, 3.8) is 0 Å². The Labute approximate surface area is 348 Å². The third-order valence-electron chi connectivity index (χ3n) is 9.19. The van der Waals surface area contributed by atoms with Gasteiger partial charge in [0.25, 0.3) is 0 Å². The Morgan fingerprint density at radius 2 is 1.30 bits per heavy atom. The van der Waals surface area contributed by atoms with Crippen molar-refractivity contribution in [2.45, 2.75) is 129 Å². The summed E-state index contributed by atoms with van der Waals surface area (Å²) in [6.45, 7) is 13.6. The number of benzene rings is 1. The topological polar surface area (TPSA) is 341 Å². The predicted octanol–water partition coefficient (Wildman–Crippen LogP) is -0.887. The van der Waals surface area contributed by atoms with Crippen LogP contribution in [-0.4, -0.2) is 121 Å². The van der Waals surface area contributed by atoms with Gasteiger partial charge in [0, 0.05) is 19.3 Å². The summed E-state index contributed by atoms with van der Waals surface area (Å²) in [4.78, 5) is 115. The number of carboxylic acids is 3. The van der Waals surface area contributed by atoms with E-state index < -0.39 is 134 Å². The number of carbonyl (C=O) groups is 9. The summed E-state index contributed by atoms with van der Waals surface area (Å²) in [6.07, 6.45) is -2.77. The molecule has 0 aliphatic heterocycles. The van der Waals surface area contributed by atoms with Crippen LogP contribution in [0.4, 0.5) is 0 Å². The fourth-order valence-electron chi connectivity index (χ4n) is 6.01. The van der Waals surface area contributed by atoms with Crippen LogP contribution >= 0.6 is 0 Å². The molecule has 0 spiro atoms. The van der Waals surface area contributed by atoms with E-state index >= 15 is 0 Å². The Bertz CT molecular complexity index is 1750. The maximum atomic E-state index is 14.2. The van der Waals surface area contributed by atoms with Crippen molar-refractivity contribution in [3.8, 4) is 0 Å². The Kier molecular flexibility index (Phi) is 20.8. The van der Waals surface area contributed by atoms with Gasteiger partial charge in [0.05, 0.1) is 18.9 Å². The molecular formula is C39H59BN6O14. The minimum atomic E-state index is -2.31. The second-order valence-electron chi connectivity index (χ2n) is 16.1. The monoisotopic (exact) mass is 846 g/mol. The molecule has 12 N–H and O–H groups in total. The zero-order valence-corrected chi connectivity index (χ0v) is 34.8. The van der Waals surface area contributed by atoms with E-state index in [2.05, 4.69) is 33.2 Å². The third-order valence-corrected chi connectivity index (χ3v) is 9.19. The Balaban J connectivity index is 3.62. The first-order valence-electron chi connectivity index (χ1n) is 19.2. The molecule has 1 aromatic rings. The lowest BCUT2D eigenvalue weighted by Gasteiger charge is -2.35. The van der Waals surface area contributed by atoms with Crippen molar-refractivity contribution in [2.24, 2.45) is 17.1 Å². The highest BCUT2D eigenvalue weighted by Gasteiger charge is 2.48. The van der Waals surface area contributed by atoms with E-state index in [4.69, 9.17) is 10.8 Å². The molecule has 21 heteroatoms. The molecule has 0 aliphatic rings. The fraction of sp³-hybridized carbons (Fsp3) is 0.564. The molecule has 0 saturated carbocycles. The molecule has 0 fully saturated rings. The van der Waals surface area contributed by atoms with Gasteiger partial charge in [-0.1, -0.05) is 70.5 Å². The number of Topliss-reactive ketones (excluding diaryl/α,β-unsaturated/α-hetero) is 1. The average molecular weight is 847 g/mol. The highest BCUT2D eigenvalue weighted by Crippen LogP contribution is 2.23. The molecule has 0 saturated heterocycles. The van der Waals surface area contributed by atoms with E-state index in [1.54, 1.807) is 65.8 Å². The molecule has 0 heterocycles. The molecule has 0 aliphatic carbocycles. The van der Waals surface area contributed by atoms with Crippen LogP contribution < -0.4 is 32.3 Å². The molecular weight excluding hydrogens is 787 g/mol. The van der Waals surface area contributed by atoms with Crippen LogP contribution in [0.3, 0.4) is 0 Å². The van der Waals surface area contributed by atoms with Gasteiger partial charge in [-0.15, -0.1) is 6.58 Å². The molecule has 332 valence electrons. The quantitative estimate of drug-likeness (QED) is 0.0398. The molecule has 2 unspecified atom stereocenters. The molecule has 5 amide bonds. The maximum Gasteiger partial charge on any atom is 0.481 e. The van der Waals surface area contributed by atoms with Crippen LogP contribution in [0.1, 0.15) is 90.7 Å². The lowest BCUT2D eigenvalue weighted by atomic mass is 9.59. The van der Waals surface area contributed by atoms with Crippen LogP contribution in [0.25, 0.3) is 0 Å². The predicted molar refractivity (Wildman–Crippen MR) is 216 cm³/mol. The number of carbonyl (C=O) groups excluding carboxylic acids is 6. The van der Waals surface area contributed by atoms with Gasteiger partial charge in [0.2, 0.25) is 29.5 Å². The summed E-state index contributed by atoms with van der Waals surface area (Å²) >= 11 is 0. The lowest BCUT2D eigenvalue weighted by Crippen LogP contribution is -2.67. The van der Waals surface area contributed by atoms with E-state index in [1.165, 1.54) is 6.08 Å². The van der Waals surface area contributed by atoms with Crippen molar-refractivity contribution < 1.29 is 68.5 Å². The molecule has 1 rings (SSSR count). The zero-order chi connectivity index (χ0) is 46.1. The summed E-state index contributed by atoms with van der Waals surface area (Å²) < 4.78 is 0. The minimum absolute atomic E-state index is 0.0209. The number of aryl methyl sites for hydroxylation is 1. The number of hydrogen-bond donors (Lipinski definition) is 11. The van der Waals surface area contributed by atoms with E-state index in [0.717, 1.165) is 5.56 Å². The second-order valence-corrected chi connectivity index (χ2v) is 16.1. The van der Waals surface area contributed by atoms with Gasteiger partial charge in [-0.3, -0.25) is 43.2 Å². The van der Waals surface area contributed by atoms with Gasteiger partial charge in [-0.25, -0.2) is 0 Å². The van der Waals surface area contributed by atoms with E-state index in [9.17, 15) is 63.4 Å².